The number of benzene rings is 1. The molecule has 4 heterocycles. The minimum Gasteiger partial charge on any atom is -0.474 e. The fraction of sp³-hybridized carbons (Fsp3) is 0.321. The number of pyridine rings is 1. The first-order chi connectivity index (χ1) is 19.5. The second kappa shape index (κ2) is 9.91. The quantitative estimate of drug-likeness (QED) is 0.332. The fourth-order valence-corrected chi connectivity index (χ4v) is 5.09. The number of amides is 1. The van der Waals surface area contributed by atoms with Crippen LogP contribution in [0, 0.1) is 23.5 Å². The zero-order valence-corrected chi connectivity index (χ0v) is 22.0. The third kappa shape index (κ3) is 5.12. The van der Waals surface area contributed by atoms with E-state index in [-0.39, 0.29) is 35.3 Å². The summed E-state index contributed by atoms with van der Waals surface area (Å²) in [4.78, 5) is 27.2. The molecule has 4 aromatic rings. The largest absolute Gasteiger partial charge is 0.474 e. The zero-order valence-electron chi connectivity index (χ0n) is 22.0. The first kappa shape index (κ1) is 26.8. The van der Waals surface area contributed by atoms with Crippen molar-refractivity contribution in [3.05, 3.63) is 83.4 Å². The van der Waals surface area contributed by atoms with Gasteiger partial charge in [-0.25, -0.2) is 37.2 Å². The number of hydrogen-bond acceptors (Lipinski definition) is 7. The van der Waals surface area contributed by atoms with Crippen LogP contribution in [-0.4, -0.2) is 54.7 Å². The van der Waals surface area contributed by atoms with Crippen LogP contribution in [0.2, 0.25) is 0 Å². The summed E-state index contributed by atoms with van der Waals surface area (Å²) in [6, 6.07) is 8.50. The molecule has 212 valence electrons. The predicted octanol–water partition coefficient (Wildman–Crippen LogP) is 4.28. The standard InChI is InChI=1S/C28H25F4N7O2/c1-28(2,33)15-9-21(14-4-5-19(29)20(30)8-14)36-22(10-15)41-24-16-11-38(12-17(16)24)26(40)18-13-39(37-23(18)25(31)32)27-34-6-3-7-35-27/h3-10,13,16-17,24-25H,11-12,33H2,1-2H3/t16-,17+,24-. The van der Waals surface area contributed by atoms with E-state index in [0.29, 0.717) is 29.9 Å². The van der Waals surface area contributed by atoms with E-state index in [4.69, 9.17) is 10.5 Å². The molecule has 3 atom stereocenters. The monoisotopic (exact) mass is 567 g/mol. The third-order valence-electron chi connectivity index (χ3n) is 7.36. The Morgan fingerprint density at radius 2 is 1.78 bits per heavy atom. The number of nitrogens with zero attached hydrogens (tertiary/aromatic N) is 6. The van der Waals surface area contributed by atoms with E-state index in [1.165, 1.54) is 29.6 Å². The van der Waals surface area contributed by atoms with Crippen LogP contribution >= 0.6 is 0 Å². The number of aromatic nitrogens is 5. The average molecular weight is 568 g/mol. The van der Waals surface area contributed by atoms with Crippen molar-refractivity contribution in [1.82, 2.24) is 29.6 Å². The molecule has 0 spiro atoms. The molecule has 13 heteroatoms. The highest BCUT2D eigenvalue weighted by Gasteiger charge is 2.59. The number of carbonyl (C=O) groups is 1. The van der Waals surface area contributed by atoms with Crippen molar-refractivity contribution in [3.8, 4) is 23.1 Å². The maximum Gasteiger partial charge on any atom is 0.282 e. The molecular formula is C28H25F4N7O2. The molecule has 0 bridgehead atoms. The number of nitrogens with two attached hydrogens (primary N) is 1. The molecule has 2 N–H and O–H groups in total. The van der Waals surface area contributed by atoms with Crippen molar-refractivity contribution in [3.63, 3.8) is 0 Å². The van der Waals surface area contributed by atoms with Gasteiger partial charge in [0.15, 0.2) is 11.6 Å². The smallest absolute Gasteiger partial charge is 0.282 e. The highest BCUT2D eigenvalue weighted by Crippen LogP contribution is 2.48. The topological polar surface area (TPSA) is 112 Å². The lowest BCUT2D eigenvalue weighted by Gasteiger charge is -2.22. The Hall–Kier alpha value is -4.39. The van der Waals surface area contributed by atoms with Crippen LogP contribution in [0.5, 0.6) is 5.88 Å². The first-order valence-electron chi connectivity index (χ1n) is 12.9. The van der Waals surface area contributed by atoms with Crippen LogP contribution in [0.15, 0.2) is 55.0 Å². The Labute approximate surface area is 232 Å². The van der Waals surface area contributed by atoms with Crippen LogP contribution in [0.1, 0.15) is 41.9 Å². The zero-order chi connectivity index (χ0) is 29.1. The van der Waals surface area contributed by atoms with Gasteiger partial charge in [0.2, 0.25) is 11.8 Å². The van der Waals surface area contributed by atoms with E-state index in [1.54, 1.807) is 32.0 Å². The molecular weight excluding hydrogens is 542 g/mol. The van der Waals surface area contributed by atoms with Crippen LogP contribution < -0.4 is 10.5 Å². The molecule has 2 aliphatic rings. The Balaban J connectivity index is 1.18. The SMILES string of the molecule is CC(C)(N)c1cc(O[C@@H]2[C@@H]3CN(C(=O)c4cn(-c5ncccn5)nc4C(F)F)C[C@@H]32)nc(-c2ccc(F)c(F)c2)c1. The van der Waals surface area contributed by atoms with Crippen LogP contribution in [0.3, 0.4) is 0 Å². The molecule has 0 radical (unpaired) electrons. The van der Waals surface area contributed by atoms with E-state index in [2.05, 4.69) is 20.1 Å². The molecule has 9 nitrogen and oxygen atoms in total. The van der Waals surface area contributed by atoms with Gasteiger partial charge in [0.05, 0.1) is 11.3 Å². The van der Waals surface area contributed by atoms with E-state index < -0.39 is 35.2 Å². The summed E-state index contributed by atoms with van der Waals surface area (Å²) in [6.45, 7) is 4.22. The molecule has 1 aromatic carbocycles. The number of ether oxygens (including phenoxy) is 1. The molecule has 2 fully saturated rings. The molecule has 1 saturated carbocycles. The number of rotatable bonds is 7. The van der Waals surface area contributed by atoms with Crippen LogP contribution in [0.25, 0.3) is 17.2 Å². The highest BCUT2D eigenvalue weighted by atomic mass is 19.3. The van der Waals surface area contributed by atoms with Crippen molar-refractivity contribution >= 4 is 5.91 Å². The Morgan fingerprint density at radius 3 is 2.41 bits per heavy atom. The van der Waals surface area contributed by atoms with Gasteiger partial charge in [0.1, 0.15) is 11.8 Å². The highest BCUT2D eigenvalue weighted by molar-refractivity contribution is 5.95. The average Bonchev–Trinajstić information content (AvgIpc) is 3.29. The molecule has 1 aliphatic heterocycles. The van der Waals surface area contributed by atoms with Gasteiger partial charge in [0, 0.05) is 60.7 Å². The lowest BCUT2D eigenvalue weighted by molar-refractivity contribution is 0.0739. The Bertz CT molecular complexity index is 1610. The molecule has 6 rings (SSSR count). The first-order valence-corrected chi connectivity index (χ1v) is 12.9. The van der Waals surface area contributed by atoms with Gasteiger partial charge in [0.25, 0.3) is 12.3 Å². The second-order valence-corrected chi connectivity index (χ2v) is 10.8. The summed E-state index contributed by atoms with van der Waals surface area (Å²) in [5, 5.41) is 3.85. The number of alkyl halides is 2. The third-order valence-corrected chi connectivity index (χ3v) is 7.36. The van der Waals surface area contributed by atoms with Crippen LogP contribution in [0.4, 0.5) is 17.6 Å². The molecule has 1 saturated heterocycles. The maximum atomic E-state index is 13.9. The van der Waals surface area contributed by atoms with Crippen molar-refractivity contribution in [1.29, 1.82) is 0 Å². The lowest BCUT2D eigenvalue weighted by atomic mass is 9.95. The van der Waals surface area contributed by atoms with Gasteiger partial charge >= 0.3 is 0 Å². The van der Waals surface area contributed by atoms with E-state index >= 15 is 0 Å². The molecule has 1 aliphatic carbocycles. The van der Waals surface area contributed by atoms with Gasteiger partial charge in [-0.15, -0.1) is 0 Å². The lowest BCUT2D eigenvalue weighted by Crippen LogP contribution is -2.33. The van der Waals surface area contributed by atoms with Crippen molar-refractivity contribution < 1.29 is 27.1 Å². The Kier molecular flexibility index (Phi) is 6.48. The van der Waals surface area contributed by atoms with Crippen molar-refractivity contribution in [2.45, 2.75) is 31.9 Å². The molecule has 1 amide bonds. The molecule has 0 unspecified atom stereocenters. The van der Waals surface area contributed by atoms with Crippen molar-refractivity contribution in [2.24, 2.45) is 17.6 Å². The number of hydrogen-bond donors (Lipinski definition) is 1. The number of piperidine rings is 1. The van der Waals surface area contributed by atoms with Gasteiger partial charge in [-0.3, -0.25) is 4.79 Å². The number of halogens is 4. The summed E-state index contributed by atoms with van der Waals surface area (Å²) in [5.41, 5.74) is 6.13. The number of carbonyl (C=O) groups excluding carboxylic acids is 1. The summed E-state index contributed by atoms with van der Waals surface area (Å²) >= 11 is 0. The summed E-state index contributed by atoms with van der Waals surface area (Å²) in [5.74, 6) is -2.23. The van der Waals surface area contributed by atoms with Crippen LogP contribution in [-0.2, 0) is 5.54 Å². The van der Waals surface area contributed by atoms with Gasteiger partial charge in [-0.1, -0.05) is 0 Å². The summed E-state index contributed by atoms with van der Waals surface area (Å²) < 4.78 is 62.1. The van der Waals surface area contributed by atoms with Gasteiger partial charge in [-0.2, -0.15) is 5.10 Å². The summed E-state index contributed by atoms with van der Waals surface area (Å²) in [6.07, 6.45) is 0.904. The summed E-state index contributed by atoms with van der Waals surface area (Å²) in [7, 11) is 0. The maximum absolute atomic E-state index is 13.9. The van der Waals surface area contributed by atoms with E-state index in [9.17, 15) is 22.4 Å². The number of likely N-dealkylation sites (tertiary alicyclic amines) is 1. The Morgan fingerprint density at radius 1 is 1.07 bits per heavy atom. The van der Waals surface area contributed by atoms with Gasteiger partial charge in [-0.05, 0) is 49.7 Å². The number of fused-ring (bicyclic) bond motifs is 1. The molecule has 41 heavy (non-hydrogen) atoms. The molecule has 3 aromatic heterocycles. The minimum absolute atomic E-state index is 0.0236. The normalized spacial score (nSPS) is 19.9. The predicted molar refractivity (Wildman–Crippen MR) is 138 cm³/mol. The fourth-order valence-electron chi connectivity index (χ4n) is 5.09. The van der Waals surface area contributed by atoms with E-state index in [1.807, 2.05) is 0 Å². The van der Waals surface area contributed by atoms with Gasteiger partial charge < -0.3 is 15.4 Å². The van der Waals surface area contributed by atoms with E-state index in [0.717, 1.165) is 16.8 Å². The minimum atomic E-state index is -2.96. The van der Waals surface area contributed by atoms with Crippen molar-refractivity contribution in [2.75, 3.05) is 13.1 Å². The second-order valence-electron chi connectivity index (χ2n) is 10.8.